The summed E-state index contributed by atoms with van der Waals surface area (Å²) in [6.07, 6.45) is 3.36. The molecule has 2 aromatic carbocycles. The second kappa shape index (κ2) is 5.14. The van der Waals surface area contributed by atoms with Crippen molar-refractivity contribution in [2.75, 3.05) is 0 Å². The number of fused-ring (bicyclic) bond motifs is 1. The van der Waals surface area contributed by atoms with E-state index in [2.05, 4.69) is 4.98 Å². The van der Waals surface area contributed by atoms with Crippen LogP contribution in [0, 0.1) is 17.0 Å². The minimum absolute atomic E-state index is 0.127. The molecule has 0 saturated carbocycles. The number of rotatable bonds is 2. The molecule has 0 atom stereocenters. The first kappa shape index (κ1) is 13.5. The van der Waals surface area contributed by atoms with Gasteiger partial charge < -0.3 is 0 Å². The number of aromatic nitrogens is 1. The molecule has 0 saturated heterocycles. The van der Waals surface area contributed by atoms with Gasteiger partial charge in [-0.1, -0.05) is 23.7 Å². The smallest absolute Gasteiger partial charge is 0.263 e. The van der Waals surface area contributed by atoms with Crippen molar-refractivity contribution in [3.63, 3.8) is 0 Å². The Morgan fingerprint density at radius 2 is 1.81 bits per heavy atom. The van der Waals surface area contributed by atoms with E-state index in [9.17, 15) is 10.1 Å². The number of benzene rings is 2. The summed E-state index contributed by atoms with van der Waals surface area (Å²) in [5, 5.41) is 13.3. The maximum absolute atomic E-state index is 10.9. The Labute approximate surface area is 126 Å². The van der Waals surface area contributed by atoms with Gasteiger partial charge in [0.1, 0.15) is 0 Å². The van der Waals surface area contributed by atoms with Crippen LogP contribution in [0.5, 0.6) is 0 Å². The molecule has 0 N–H and O–H groups in total. The van der Waals surface area contributed by atoms with Crippen molar-refractivity contribution < 1.29 is 4.92 Å². The first-order valence-corrected chi connectivity index (χ1v) is 6.73. The number of hydrogen-bond acceptors (Lipinski definition) is 3. The van der Waals surface area contributed by atoms with Gasteiger partial charge in [0.15, 0.2) is 0 Å². The molecule has 0 aliphatic rings. The Hall–Kier alpha value is -2.46. The molecule has 1 heterocycles. The Balaban J connectivity index is 2.14. The first-order valence-electron chi connectivity index (χ1n) is 6.35. The first-order chi connectivity index (χ1) is 10.1. The molecule has 3 rings (SSSR count). The topological polar surface area (TPSA) is 56.0 Å². The predicted molar refractivity (Wildman–Crippen MR) is 83.6 cm³/mol. The normalized spacial score (nSPS) is 10.8. The van der Waals surface area contributed by atoms with E-state index in [0.717, 1.165) is 21.9 Å². The lowest BCUT2D eigenvalue weighted by Crippen LogP contribution is -1.91. The average molecular weight is 299 g/mol. The number of nitrogens with zero attached hydrogens (tertiary/aromatic N) is 2. The summed E-state index contributed by atoms with van der Waals surface area (Å²) in [5.41, 5.74) is 2.65. The molecule has 0 aliphatic carbocycles. The zero-order valence-electron chi connectivity index (χ0n) is 11.2. The van der Waals surface area contributed by atoms with E-state index >= 15 is 0 Å². The van der Waals surface area contributed by atoms with Crippen molar-refractivity contribution in [3.05, 3.63) is 69.5 Å². The minimum Gasteiger partial charge on any atom is -0.263 e. The standard InChI is InChI=1S/C16H11ClN2O2/c1-10-6-11(4-5-16(10)19(20)21)12-2-3-13-8-18-9-15(17)14(13)7-12/h2-9H,1H3. The van der Waals surface area contributed by atoms with Gasteiger partial charge in [0.2, 0.25) is 0 Å². The fourth-order valence-electron chi connectivity index (χ4n) is 2.35. The van der Waals surface area contributed by atoms with Gasteiger partial charge in [0, 0.05) is 34.8 Å². The van der Waals surface area contributed by atoms with E-state index in [0.29, 0.717) is 10.6 Å². The van der Waals surface area contributed by atoms with Crippen LogP contribution in [0.2, 0.25) is 5.02 Å². The van der Waals surface area contributed by atoms with Crippen LogP contribution < -0.4 is 0 Å². The fraction of sp³-hybridized carbons (Fsp3) is 0.0625. The van der Waals surface area contributed by atoms with E-state index in [4.69, 9.17) is 11.6 Å². The van der Waals surface area contributed by atoms with Crippen LogP contribution in [0.4, 0.5) is 5.69 Å². The van der Waals surface area contributed by atoms with E-state index < -0.39 is 0 Å². The summed E-state index contributed by atoms with van der Waals surface area (Å²) in [7, 11) is 0. The molecule has 0 bridgehead atoms. The Morgan fingerprint density at radius 1 is 1.10 bits per heavy atom. The number of nitro benzene ring substituents is 1. The van der Waals surface area contributed by atoms with Gasteiger partial charge in [0.05, 0.1) is 9.95 Å². The lowest BCUT2D eigenvalue weighted by atomic mass is 10.00. The Morgan fingerprint density at radius 3 is 2.52 bits per heavy atom. The molecule has 1 aromatic heterocycles. The average Bonchev–Trinajstić information content (AvgIpc) is 2.47. The highest BCUT2D eigenvalue weighted by Crippen LogP contribution is 2.30. The summed E-state index contributed by atoms with van der Waals surface area (Å²) in [6, 6.07) is 11.0. The van der Waals surface area contributed by atoms with Crippen molar-refractivity contribution in [1.82, 2.24) is 4.98 Å². The van der Waals surface area contributed by atoms with Crippen LogP contribution in [0.1, 0.15) is 5.56 Å². The highest BCUT2D eigenvalue weighted by atomic mass is 35.5. The molecular weight excluding hydrogens is 288 g/mol. The second-order valence-electron chi connectivity index (χ2n) is 4.82. The molecule has 0 fully saturated rings. The molecule has 0 unspecified atom stereocenters. The van der Waals surface area contributed by atoms with Crippen LogP contribution in [-0.4, -0.2) is 9.91 Å². The molecule has 104 valence electrons. The lowest BCUT2D eigenvalue weighted by Gasteiger charge is -2.06. The van der Waals surface area contributed by atoms with Crippen LogP contribution >= 0.6 is 11.6 Å². The highest BCUT2D eigenvalue weighted by Gasteiger charge is 2.11. The van der Waals surface area contributed by atoms with Gasteiger partial charge in [-0.05, 0) is 36.2 Å². The zero-order valence-corrected chi connectivity index (χ0v) is 12.0. The van der Waals surface area contributed by atoms with Gasteiger partial charge in [-0.2, -0.15) is 0 Å². The van der Waals surface area contributed by atoms with Crippen LogP contribution in [0.25, 0.3) is 21.9 Å². The van der Waals surface area contributed by atoms with E-state index in [-0.39, 0.29) is 10.6 Å². The number of nitro groups is 1. The third-order valence-corrected chi connectivity index (χ3v) is 3.74. The van der Waals surface area contributed by atoms with Crippen LogP contribution in [-0.2, 0) is 0 Å². The summed E-state index contributed by atoms with van der Waals surface area (Å²) < 4.78 is 0. The molecule has 0 amide bonds. The van der Waals surface area contributed by atoms with Crippen LogP contribution in [0.3, 0.4) is 0 Å². The predicted octanol–water partition coefficient (Wildman–Crippen LogP) is 4.77. The van der Waals surface area contributed by atoms with Crippen LogP contribution in [0.15, 0.2) is 48.8 Å². The van der Waals surface area contributed by atoms with Crippen molar-refractivity contribution in [3.8, 4) is 11.1 Å². The number of halogens is 1. The van der Waals surface area contributed by atoms with Crippen molar-refractivity contribution in [2.45, 2.75) is 6.92 Å². The van der Waals surface area contributed by atoms with E-state index in [1.165, 1.54) is 6.07 Å². The highest BCUT2D eigenvalue weighted by molar-refractivity contribution is 6.35. The third kappa shape index (κ3) is 2.45. The second-order valence-corrected chi connectivity index (χ2v) is 5.22. The molecular formula is C16H11ClN2O2. The van der Waals surface area contributed by atoms with E-state index in [1.807, 2.05) is 24.3 Å². The lowest BCUT2D eigenvalue weighted by molar-refractivity contribution is -0.385. The van der Waals surface area contributed by atoms with Crippen molar-refractivity contribution >= 4 is 28.1 Å². The number of hydrogen-bond donors (Lipinski definition) is 0. The van der Waals surface area contributed by atoms with Gasteiger partial charge in [0.25, 0.3) is 5.69 Å². The minimum atomic E-state index is -0.373. The van der Waals surface area contributed by atoms with Crippen molar-refractivity contribution in [1.29, 1.82) is 0 Å². The van der Waals surface area contributed by atoms with Gasteiger partial charge in [-0.3, -0.25) is 15.1 Å². The maximum atomic E-state index is 10.9. The van der Waals surface area contributed by atoms with Gasteiger partial charge in [-0.25, -0.2) is 0 Å². The third-order valence-electron chi connectivity index (χ3n) is 3.44. The van der Waals surface area contributed by atoms with Crippen molar-refractivity contribution in [2.24, 2.45) is 0 Å². The maximum Gasteiger partial charge on any atom is 0.272 e. The molecule has 4 nitrogen and oxygen atoms in total. The Kier molecular flexibility index (Phi) is 3.31. The number of pyridine rings is 1. The molecule has 0 radical (unpaired) electrons. The summed E-state index contributed by atoms with van der Waals surface area (Å²) in [5.74, 6) is 0. The fourth-order valence-corrected chi connectivity index (χ4v) is 2.57. The summed E-state index contributed by atoms with van der Waals surface area (Å²) in [4.78, 5) is 14.6. The molecule has 0 spiro atoms. The SMILES string of the molecule is Cc1cc(-c2ccc3cncc(Cl)c3c2)ccc1[N+](=O)[O-]. The quantitative estimate of drug-likeness (QED) is 0.505. The molecule has 3 aromatic rings. The van der Waals surface area contributed by atoms with E-state index in [1.54, 1.807) is 25.4 Å². The monoisotopic (exact) mass is 298 g/mol. The molecule has 5 heteroatoms. The zero-order chi connectivity index (χ0) is 15.0. The molecule has 21 heavy (non-hydrogen) atoms. The van der Waals surface area contributed by atoms with Gasteiger partial charge >= 0.3 is 0 Å². The summed E-state index contributed by atoms with van der Waals surface area (Å²) in [6.45, 7) is 1.74. The van der Waals surface area contributed by atoms with Gasteiger partial charge in [-0.15, -0.1) is 0 Å². The largest absolute Gasteiger partial charge is 0.272 e. The number of aryl methyl sites for hydroxylation is 1. The Bertz CT molecular complexity index is 862. The summed E-state index contributed by atoms with van der Waals surface area (Å²) >= 11 is 6.16. The molecule has 0 aliphatic heterocycles.